The van der Waals surface area contributed by atoms with E-state index in [0.717, 1.165) is 39.0 Å². The molecular weight excluding hydrogens is 259 g/mol. The molecule has 1 amide bonds. The fraction of sp³-hybridized carbons (Fsp3) is 0.533. The Morgan fingerprint density at radius 2 is 2.10 bits per heavy atom. The van der Waals surface area contributed by atoms with Gasteiger partial charge in [-0.25, -0.2) is 4.39 Å². The van der Waals surface area contributed by atoms with E-state index in [1.807, 2.05) is 0 Å². The number of carbonyl (C=O) groups excluding carboxylic acids is 1. The molecule has 0 radical (unpaired) electrons. The van der Waals surface area contributed by atoms with Crippen molar-refractivity contribution in [2.24, 2.45) is 5.73 Å². The number of unbranched alkanes of at least 4 members (excludes halogenated alkanes) is 1. The second kappa shape index (κ2) is 9.44. The summed E-state index contributed by atoms with van der Waals surface area (Å²) in [6, 6.07) is 4.30. The van der Waals surface area contributed by atoms with Crippen LogP contribution in [-0.2, 0) is 11.3 Å². The summed E-state index contributed by atoms with van der Waals surface area (Å²) in [4.78, 5) is 10.9. The van der Waals surface area contributed by atoms with Crippen LogP contribution in [0.4, 0.5) is 4.39 Å². The predicted octanol–water partition coefficient (Wildman–Crippen LogP) is 2.22. The first-order valence-electron chi connectivity index (χ1n) is 7.01. The summed E-state index contributed by atoms with van der Waals surface area (Å²) in [6.45, 7) is 4.85. The molecule has 0 aromatic heterocycles. The fourth-order valence-corrected chi connectivity index (χ4v) is 1.71. The fourth-order valence-electron chi connectivity index (χ4n) is 1.71. The van der Waals surface area contributed by atoms with Crippen LogP contribution in [0.25, 0.3) is 0 Å². The van der Waals surface area contributed by atoms with E-state index in [-0.39, 0.29) is 5.56 Å². The van der Waals surface area contributed by atoms with Crippen LogP contribution >= 0.6 is 0 Å². The number of halogens is 1. The van der Waals surface area contributed by atoms with Crippen molar-refractivity contribution in [1.29, 1.82) is 0 Å². The van der Waals surface area contributed by atoms with Gasteiger partial charge in [-0.3, -0.25) is 4.79 Å². The van der Waals surface area contributed by atoms with E-state index in [1.165, 1.54) is 12.1 Å². The minimum Gasteiger partial charge on any atom is -0.381 e. The zero-order valence-electron chi connectivity index (χ0n) is 12.0. The van der Waals surface area contributed by atoms with Crippen LogP contribution in [0.2, 0.25) is 0 Å². The van der Waals surface area contributed by atoms with E-state index in [0.29, 0.717) is 12.1 Å². The molecule has 112 valence electrons. The van der Waals surface area contributed by atoms with Gasteiger partial charge < -0.3 is 15.8 Å². The monoisotopic (exact) mass is 282 g/mol. The molecule has 0 atom stereocenters. The maximum absolute atomic E-state index is 13.7. The van der Waals surface area contributed by atoms with Gasteiger partial charge in [-0.15, -0.1) is 0 Å². The first-order valence-corrected chi connectivity index (χ1v) is 7.01. The third-order valence-electron chi connectivity index (χ3n) is 2.94. The minimum absolute atomic E-state index is 0.190. The average Bonchev–Trinajstić information content (AvgIpc) is 2.43. The Bertz CT molecular complexity index is 424. The van der Waals surface area contributed by atoms with E-state index >= 15 is 0 Å². The van der Waals surface area contributed by atoms with Gasteiger partial charge in [0.1, 0.15) is 5.82 Å². The molecule has 1 aromatic carbocycles. The standard InChI is InChI=1S/C15H23FN2O2/c1-2-3-8-20-9-4-7-18-11-13-6-5-12(15(17)19)10-14(13)16/h5-6,10,18H,2-4,7-9,11H2,1H3,(H2,17,19). The Morgan fingerprint density at radius 1 is 1.35 bits per heavy atom. The van der Waals surface area contributed by atoms with Gasteiger partial charge in [-0.05, 0) is 31.5 Å². The molecule has 0 aliphatic carbocycles. The van der Waals surface area contributed by atoms with Crippen LogP contribution < -0.4 is 11.1 Å². The molecule has 4 nitrogen and oxygen atoms in total. The third kappa shape index (κ3) is 6.12. The Labute approximate surface area is 119 Å². The summed E-state index contributed by atoms with van der Waals surface area (Å²) in [5, 5.41) is 3.15. The van der Waals surface area contributed by atoms with Crippen molar-refractivity contribution in [3.05, 3.63) is 35.1 Å². The normalized spacial score (nSPS) is 10.7. The van der Waals surface area contributed by atoms with Crippen molar-refractivity contribution >= 4 is 5.91 Å². The summed E-state index contributed by atoms with van der Waals surface area (Å²) in [5.41, 5.74) is 5.81. The van der Waals surface area contributed by atoms with Crippen molar-refractivity contribution in [1.82, 2.24) is 5.32 Å². The second-order valence-corrected chi connectivity index (χ2v) is 4.67. The van der Waals surface area contributed by atoms with Gasteiger partial charge in [-0.1, -0.05) is 19.4 Å². The molecule has 0 aliphatic rings. The minimum atomic E-state index is -0.618. The van der Waals surface area contributed by atoms with E-state index < -0.39 is 11.7 Å². The zero-order valence-corrected chi connectivity index (χ0v) is 12.0. The van der Waals surface area contributed by atoms with Gasteiger partial charge in [0.2, 0.25) is 5.91 Å². The lowest BCUT2D eigenvalue weighted by Crippen LogP contribution is -2.18. The molecule has 0 unspecified atom stereocenters. The average molecular weight is 282 g/mol. The van der Waals surface area contributed by atoms with Gasteiger partial charge in [0.25, 0.3) is 0 Å². The summed E-state index contributed by atoms with van der Waals surface area (Å²) in [7, 11) is 0. The lowest BCUT2D eigenvalue weighted by molar-refractivity contribution is 0.1000. The summed E-state index contributed by atoms with van der Waals surface area (Å²) in [6.07, 6.45) is 3.12. The van der Waals surface area contributed by atoms with Gasteiger partial charge in [0.05, 0.1) is 0 Å². The lowest BCUT2D eigenvalue weighted by Gasteiger charge is -2.07. The van der Waals surface area contributed by atoms with Crippen LogP contribution in [0, 0.1) is 5.82 Å². The van der Waals surface area contributed by atoms with Crippen LogP contribution in [-0.4, -0.2) is 25.7 Å². The quantitative estimate of drug-likeness (QED) is 0.647. The Morgan fingerprint density at radius 3 is 2.75 bits per heavy atom. The molecule has 0 aliphatic heterocycles. The number of rotatable bonds is 10. The highest BCUT2D eigenvalue weighted by Crippen LogP contribution is 2.10. The van der Waals surface area contributed by atoms with Crippen LogP contribution in [0.3, 0.4) is 0 Å². The molecule has 0 saturated heterocycles. The summed E-state index contributed by atoms with van der Waals surface area (Å²) >= 11 is 0. The van der Waals surface area contributed by atoms with Crippen LogP contribution in [0.5, 0.6) is 0 Å². The maximum atomic E-state index is 13.7. The summed E-state index contributed by atoms with van der Waals surface area (Å²) in [5.74, 6) is -1.03. The molecule has 0 bridgehead atoms. The number of benzene rings is 1. The van der Waals surface area contributed by atoms with Crippen molar-refractivity contribution in [2.75, 3.05) is 19.8 Å². The van der Waals surface area contributed by atoms with Crippen molar-refractivity contribution in [3.63, 3.8) is 0 Å². The molecule has 3 N–H and O–H groups in total. The van der Waals surface area contributed by atoms with Gasteiger partial charge in [0, 0.05) is 30.9 Å². The smallest absolute Gasteiger partial charge is 0.248 e. The number of primary amides is 1. The first kappa shape index (κ1) is 16.6. The predicted molar refractivity (Wildman–Crippen MR) is 77.0 cm³/mol. The second-order valence-electron chi connectivity index (χ2n) is 4.67. The Hall–Kier alpha value is -1.46. The zero-order chi connectivity index (χ0) is 14.8. The Balaban J connectivity index is 2.20. The molecule has 1 aromatic rings. The topological polar surface area (TPSA) is 64.3 Å². The highest BCUT2D eigenvalue weighted by atomic mass is 19.1. The molecule has 5 heteroatoms. The third-order valence-corrected chi connectivity index (χ3v) is 2.94. The molecule has 0 spiro atoms. The van der Waals surface area contributed by atoms with E-state index in [4.69, 9.17) is 10.5 Å². The largest absolute Gasteiger partial charge is 0.381 e. The SMILES string of the molecule is CCCCOCCCNCc1ccc(C(N)=O)cc1F. The summed E-state index contributed by atoms with van der Waals surface area (Å²) < 4.78 is 19.1. The van der Waals surface area contributed by atoms with Crippen LogP contribution in [0.15, 0.2) is 18.2 Å². The van der Waals surface area contributed by atoms with Crippen molar-refractivity contribution in [3.8, 4) is 0 Å². The maximum Gasteiger partial charge on any atom is 0.248 e. The Kier molecular flexibility index (Phi) is 7.84. The van der Waals surface area contributed by atoms with Gasteiger partial charge in [0.15, 0.2) is 0 Å². The molecular formula is C15H23FN2O2. The molecule has 20 heavy (non-hydrogen) atoms. The van der Waals surface area contributed by atoms with E-state index in [9.17, 15) is 9.18 Å². The van der Waals surface area contributed by atoms with Gasteiger partial charge >= 0.3 is 0 Å². The van der Waals surface area contributed by atoms with Crippen molar-refractivity contribution < 1.29 is 13.9 Å². The molecule has 0 saturated carbocycles. The highest BCUT2D eigenvalue weighted by molar-refractivity contribution is 5.92. The number of nitrogens with one attached hydrogen (secondary N) is 1. The number of amides is 1. The van der Waals surface area contributed by atoms with E-state index in [1.54, 1.807) is 6.07 Å². The van der Waals surface area contributed by atoms with Crippen molar-refractivity contribution in [2.45, 2.75) is 32.7 Å². The molecule has 0 fully saturated rings. The molecule has 1 rings (SSSR count). The number of nitrogens with two attached hydrogens (primary N) is 1. The number of carbonyl (C=O) groups is 1. The van der Waals surface area contributed by atoms with Gasteiger partial charge in [-0.2, -0.15) is 0 Å². The number of ether oxygens (including phenoxy) is 1. The number of hydrogen-bond donors (Lipinski definition) is 2. The molecule has 0 heterocycles. The lowest BCUT2D eigenvalue weighted by atomic mass is 10.1. The van der Waals surface area contributed by atoms with E-state index in [2.05, 4.69) is 12.2 Å². The highest BCUT2D eigenvalue weighted by Gasteiger charge is 2.06. The number of hydrogen-bond acceptors (Lipinski definition) is 3. The first-order chi connectivity index (χ1) is 9.65. The van der Waals surface area contributed by atoms with Crippen LogP contribution in [0.1, 0.15) is 42.1 Å².